The van der Waals surface area contributed by atoms with Crippen LogP contribution < -0.4 is 0 Å². The van der Waals surface area contributed by atoms with Gasteiger partial charge in [-0.3, -0.25) is 0 Å². The Morgan fingerprint density at radius 3 is 1.40 bits per heavy atom. The molecule has 1 aromatic carbocycles. The van der Waals surface area contributed by atoms with Gasteiger partial charge in [0.2, 0.25) is 0 Å². The topological polar surface area (TPSA) is 0 Å². The summed E-state index contributed by atoms with van der Waals surface area (Å²) in [6.45, 7) is 13.8. The predicted octanol–water partition coefficient (Wildman–Crippen LogP) is 4.35. The Morgan fingerprint density at radius 2 is 1.07 bits per heavy atom. The summed E-state index contributed by atoms with van der Waals surface area (Å²) >= 11 is 0. The Kier molecular flexibility index (Phi) is 2.41. The third kappa shape index (κ3) is 1.51. The molecule has 2 unspecified atom stereocenters. The lowest BCUT2D eigenvalue weighted by atomic mass is 9.87. The summed E-state index contributed by atoms with van der Waals surface area (Å²) in [6.07, 6.45) is 1.39. The van der Waals surface area contributed by atoms with Crippen LogP contribution in [0.5, 0.6) is 0 Å². The third-order valence-electron chi connectivity index (χ3n) is 4.54. The van der Waals surface area contributed by atoms with Crippen LogP contribution in [0.3, 0.4) is 0 Å². The van der Waals surface area contributed by atoms with Crippen molar-refractivity contribution in [1.82, 2.24) is 0 Å². The lowest BCUT2D eigenvalue weighted by molar-refractivity contribution is 0.894. The van der Waals surface area contributed by atoms with Gasteiger partial charge in [-0.25, -0.2) is 0 Å². The standard InChI is InChI=1S/C15H22/c1-8-7-14(8)15-12(5)10(3)9(2)11(4)13(15)6/h8,14H,7H2,1-6H3. The van der Waals surface area contributed by atoms with Crippen molar-refractivity contribution in [2.45, 2.75) is 53.9 Å². The average Bonchev–Trinajstić information content (AvgIpc) is 2.90. The van der Waals surface area contributed by atoms with Gasteiger partial charge in [0.1, 0.15) is 0 Å². The fourth-order valence-electron chi connectivity index (χ4n) is 2.81. The summed E-state index contributed by atoms with van der Waals surface area (Å²) in [4.78, 5) is 0. The van der Waals surface area contributed by atoms with Gasteiger partial charge in [-0.15, -0.1) is 0 Å². The largest absolute Gasteiger partial charge is 0.0619 e. The summed E-state index contributed by atoms with van der Waals surface area (Å²) in [5.41, 5.74) is 9.25. The highest BCUT2D eigenvalue weighted by Crippen LogP contribution is 2.50. The predicted molar refractivity (Wildman–Crippen MR) is 66.6 cm³/mol. The maximum Gasteiger partial charge on any atom is -0.0128 e. The molecular formula is C15H22. The fourth-order valence-corrected chi connectivity index (χ4v) is 2.81. The highest BCUT2D eigenvalue weighted by atomic mass is 14.4. The second-order valence-electron chi connectivity index (χ2n) is 5.36. The Balaban J connectivity index is 2.64. The quantitative estimate of drug-likeness (QED) is 0.635. The van der Waals surface area contributed by atoms with E-state index in [1.54, 1.807) is 16.7 Å². The number of rotatable bonds is 1. The summed E-state index contributed by atoms with van der Waals surface area (Å²) in [7, 11) is 0. The molecule has 0 aliphatic heterocycles. The van der Waals surface area contributed by atoms with Crippen LogP contribution in [0.4, 0.5) is 0 Å². The normalized spacial score (nSPS) is 24.4. The first-order valence-corrected chi connectivity index (χ1v) is 6.02. The molecule has 1 aliphatic carbocycles. The molecule has 0 radical (unpaired) electrons. The van der Waals surface area contributed by atoms with Gasteiger partial charge >= 0.3 is 0 Å². The molecule has 82 valence electrons. The fraction of sp³-hybridized carbons (Fsp3) is 0.600. The van der Waals surface area contributed by atoms with Gasteiger partial charge in [0, 0.05) is 0 Å². The van der Waals surface area contributed by atoms with Crippen molar-refractivity contribution in [3.05, 3.63) is 33.4 Å². The van der Waals surface area contributed by atoms with E-state index in [2.05, 4.69) is 41.5 Å². The van der Waals surface area contributed by atoms with Gasteiger partial charge in [0.25, 0.3) is 0 Å². The maximum absolute atomic E-state index is 2.37. The first kappa shape index (κ1) is 10.7. The lowest BCUT2D eigenvalue weighted by Crippen LogP contribution is -2.02. The first-order chi connectivity index (χ1) is 6.95. The Bertz CT molecular complexity index is 384. The SMILES string of the molecule is Cc1c(C)c(C)c(C2CC2C)c(C)c1C. The van der Waals surface area contributed by atoms with Crippen molar-refractivity contribution < 1.29 is 0 Å². The van der Waals surface area contributed by atoms with Crippen LogP contribution in [0.2, 0.25) is 0 Å². The highest BCUT2D eigenvalue weighted by molar-refractivity contribution is 5.52. The molecule has 0 bridgehead atoms. The monoisotopic (exact) mass is 202 g/mol. The third-order valence-corrected chi connectivity index (χ3v) is 4.54. The van der Waals surface area contributed by atoms with E-state index in [1.165, 1.54) is 23.1 Å². The summed E-state index contributed by atoms with van der Waals surface area (Å²) in [5, 5.41) is 0. The second-order valence-corrected chi connectivity index (χ2v) is 5.36. The van der Waals surface area contributed by atoms with Crippen LogP contribution in [0.1, 0.15) is 52.6 Å². The minimum Gasteiger partial charge on any atom is -0.0619 e. The Morgan fingerprint density at radius 1 is 0.733 bits per heavy atom. The maximum atomic E-state index is 2.37. The molecule has 1 saturated carbocycles. The van der Waals surface area contributed by atoms with Gasteiger partial charge in [0.05, 0.1) is 0 Å². The molecular weight excluding hydrogens is 180 g/mol. The van der Waals surface area contributed by atoms with Crippen LogP contribution in [0.15, 0.2) is 0 Å². The second kappa shape index (κ2) is 3.37. The average molecular weight is 202 g/mol. The van der Waals surface area contributed by atoms with Crippen molar-refractivity contribution in [1.29, 1.82) is 0 Å². The van der Waals surface area contributed by atoms with Crippen molar-refractivity contribution in [3.8, 4) is 0 Å². The molecule has 0 aromatic heterocycles. The molecule has 0 N–H and O–H groups in total. The van der Waals surface area contributed by atoms with E-state index in [0.717, 1.165) is 11.8 Å². The molecule has 1 fully saturated rings. The van der Waals surface area contributed by atoms with Gasteiger partial charge in [-0.1, -0.05) is 6.92 Å². The van der Waals surface area contributed by atoms with Crippen LogP contribution in [0, 0.1) is 40.5 Å². The number of hydrogen-bond acceptors (Lipinski definition) is 0. The molecule has 0 heteroatoms. The summed E-state index contributed by atoms with van der Waals surface area (Å²) < 4.78 is 0. The van der Waals surface area contributed by atoms with E-state index in [4.69, 9.17) is 0 Å². The van der Waals surface area contributed by atoms with Crippen LogP contribution in [-0.4, -0.2) is 0 Å². The van der Waals surface area contributed by atoms with Crippen molar-refractivity contribution in [3.63, 3.8) is 0 Å². The minimum atomic E-state index is 0.850. The number of benzene rings is 1. The van der Waals surface area contributed by atoms with Crippen molar-refractivity contribution in [2.75, 3.05) is 0 Å². The Labute approximate surface area is 93.7 Å². The molecule has 2 atom stereocenters. The van der Waals surface area contributed by atoms with Gasteiger partial charge < -0.3 is 0 Å². The van der Waals surface area contributed by atoms with Crippen LogP contribution >= 0.6 is 0 Å². The molecule has 0 saturated heterocycles. The van der Waals surface area contributed by atoms with E-state index in [-0.39, 0.29) is 0 Å². The molecule has 1 aliphatic rings. The number of hydrogen-bond donors (Lipinski definition) is 0. The summed E-state index contributed by atoms with van der Waals surface area (Å²) in [6, 6.07) is 0. The van der Waals surface area contributed by atoms with E-state index in [0.29, 0.717) is 0 Å². The van der Waals surface area contributed by atoms with E-state index < -0.39 is 0 Å². The lowest BCUT2D eigenvalue weighted by Gasteiger charge is -2.18. The zero-order chi connectivity index (χ0) is 11.3. The smallest absolute Gasteiger partial charge is 0.0128 e. The van der Waals surface area contributed by atoms with Crippen LogP contribution in [0.25, 0.3) is 0 Å². The molecule has 1 aromatic rings. The molecule has 0 heterocycles. The molecule has 0 spiro atoms. The van der Waals surface area contributed by atoms with Crippen molar-refractivity contribution >= 4 is 0 Å². The van der Waals surface area contributed by atoms with E-state index >= 15 is 0 Å². The first-order valence-electron chi connectivity index (χ1n) is 6.02. The Hall–Kier alpha value is -0.780. The van der Waals surface area contributed by atoms with E-state index in [1.807, 2.05) is 0 Å². The minimum absolute atomic E-state index is 0.850. The van der Waals surface area contributed by atoms with Gasteiger partial charge in [-0.2, -0.15) is 0 Å². The van der Waals surface area contributed by atoms with Crippen molar-refractivity contribution in [2.24, 2.45) is 5.92 Å². The molecule has 0 amide bonds. The summed E-state index contributed by atoms with van der Waals surface area (Å²) in [5.74, 6) is 1.76. The van der Waals surface area contributed by atoms with Gasteiger partial charge in [-0.05, 0) is 86.3 Å². The zero-order valence-corrected chi connectivity index (χ0v) is 10.9. The zero-order valence-electron chi connectivity index (χ0n) is 10.9. The highest BCUT2D eigenvalue weighted by Gasteiger charge is 2.36. The molecule has 2 rings (SSSR count). The molecule has 0 nitrogen and oxygen atoms in total. The van der Waals surface area contributed by atoms with Gasteiger partial charge in [0.15, 0.2) is 0 Å². The van der Waals surface area contributed by atoms with E-state index in [9.17, 15) is 0 Å². The molecule has 15 heavy (non-hydrogen) atoms. The van der Waals surface area contributed by atoms with Crippen LogP contribution in [-0.2, 0) is 0 Å².